The third kappa shape index (κ3) is 1.51. The number of nitrogens with one attached hydrogen (secondary N) is 1. The fourth-order valence-corrected chi connectivity index (χ4v) is 3.20. The van der Waals surface area contributed by atoms with Crippen LogP contribution in [0.15, 0.2) is 22.7 Å². The minimum absolute atomic E-state index is 1.22. The Kier molecular flexibility index (Phi) is 2.32. The maximum absolute atomic E-state index is 3.66. The molecule has 2 heteroatoms. The van der Waals surface area contributed by atoms with Crippen molar-refractivity contribution in [3.8, 4) is 0 Å². The number of aromatic nitrogens is 1. The van der Waals surface area contributed by atoms with Gasteiger partial charge >= 0.3 is 0 Å². The first-order valence-corrected chi connectivity index (χ1v) is 6.43. The van der Waals surface area contributed by atoms with E-state index in [2.05, 4.69) is 39.1 Å². The molecule has 0 saturated carbocycles. The molecule has 1 nitrogen and oxygen atoms in total. The molecule has 0 amide bonds. The number of hydrogen-bond donors (Lipinski definition) is 1. The lowest BCUT2D eigenvalue weighted by Gasteiger charge is -1.99. The Labute approximate surface area is 98.0 Å². The second-order valence-electron chi connectivity index (χ2n) is 4.31. The van der Waals surface area contributed by atoms with Gasteiger partial charge in [0.25, 0.3) is 0 Å². The number of hydrogen-bond acceptors (Lipinski definition) is 0. The minimum atomic E-state index is 1.22. The van der Waals surface area contributed by atoms with Crippen molar-refractivity contribution < 1.29 is 0 Å². The Hall–Kier alpha value is -0.760. The molecule has 1 N–H and O–H groups in total. The maximum atomic E-state index is 3.66. The molecule has 1 aromatic carbocycles. The first-order valence-electron chi connectivity index (χ1n) is 5.64. The van der Waals surface area contributed by atoms with Gasteiger partial charge in [-0.05, 0) is 43.4 Å². The molecule has 0 fully saturated rings. The van der Waals surface area contributed by atoms with E-state index in [9.17, 15) is 0 Å². The zero-order chi connectivity index (χ0) is 10.3. The molecular weight excluding hydrogens is 250 g/mol. The number of rotatable bonds is 0. The number of aromatic amines is 1. The molecule has 1 heterocycles. The topological polar surface area (TPSA) is 15.8 Å². The van der Waals surface area contributed by atoms with Crippen LogP contribution in [0.2, 0.25) is 0 Å². The lowest BCUT2D eigenvalue weighted by atomic mass is 10.1. The number of H-pyrrole nitrogens is 1. The summed E-state index contributed by atoms with van der Waals surface area (Å²) in [7, 11) is 0. The van der Waals surface area contributed by atoms with Crippen molar-refractivity contribution in [3.63, 3.8) is 0 Å². The molecule has 2 aromatic rings. The summed E-state index contributed by atoms with van der Waals surface area (Å²) in [5.41, 5.74) is 4.31. The van der Waals surface area contributed by atoms with E-state index in [0.717, 1.165) is 0 Å². The normalized spacial score (nSPS) is 16.3. The molecular formula is C13H14BrN. The van der Waals surface area contributed by atoms with Crippen LogP contribution in [0.5, 0.6) is 0 Å². The fraction of sp³-hybridized carbons (Fsp3) is 0.385. The van der Waals surface area contributed by atoms with E-state index in [1.54, 1.807) is 5.56 Å². The quantitative estimate of drug-likeness (QED) is 0.686. The monoisotopic (exact) mass is 263 g/mol. The zero-order valence-corrected chi connectivity index (χ0v) is 10.2. The Bertz CT molecular complexity index is 498. The van der Waals surface area contributed by atoms with E-state index in [1.165, 1.54) is 53.2 Å². The lowest BCUT2D eigenvalue weighted by molar-refractivity contribution is 0.708. The Balaban J connectivity index is 2.29. The van der Waals surface area contributed by atoms with Gasteiger partial charge in [-0.1, -0.05) is 28.4 Å². The van der Waals surface area contributed by atoms with Crippen LogP contribution in [0.4, 0.5) is 0 Å². The fourth-order valence-electron chi connectivity index (χ4n) is 2.59. The average molecular weight is 264 g/mol. The second-order valence-corrected chi connectivity index (χ2v) is 5.16. The molecule has 0 spiro atoms. The van der Waals surface area contributed by atoms with E-state index >= 15 is 0 Å². The van der Waals surface area contributed by atoms with Gasteiger partial charge in [-0.3, -0.25) is 0 Å². The van der Waals surface area contributed by atoms with E-state index in [1.807, 2.05) is 0 Å². The lowest BCUT2D eigenvalue weighted by Crippen LogP contribution is -1.86. The Morgan fingerprint density at radius 2 is 1.93 bits per heavy atom. The summed E-state index contributed by atoms with van der Waals surface area (Å²) in [6, 6.07) is 6.41. The molecule has 15 heavy (non-hydrogen) atoms. The molecule has 3 rings (SSSR count). The van der Waals surface area contributed by atoms with Crippen molar-refractivity contribution in [1.29, 1.82) is 0 Å². The van der Waals surface area contributed by atoms with E-state index < -0.39 is 0 Å². The van der Waals surface area contributed by atoms with Gasteiger partial charge in [-0.2, -0.15) is 0 Å². The van der Waals surface area contributed by atoms with Crippen LogP contribution in [0.3, 0.4) is 0 Å². The highest BCUT2D eigenvalue weighted by atomic mass is 79.9. The van der Waals surface area contributed by atoms with Crippen molar-refractivity contribution >= 4 is 26.8 Å². The smallest absolute Gasteiger partial charge is 0.0470 e. The molecule has 1 aromatic heterocycles. The van der Waals surface area contributed by atoms with Gasteiger partial charge in [0.2, 0.25) is 0 Å². The summed E-state index contributed by atoms with van der Waals surface area (Å²) in [4.78, 5) is 3.57. The predicted molar refractivity (Wildman–Crippen MR) is 67.3 cm³/mol. The summed E-state index contributed by atoms with van der Waals surface area (Å²) in [6.45, 7) is 0. The Morgan fingerprint density at radius 1 is 1.07 bits per heavy atom. The van der Waals surface area contributed by atoms with Crippen molar-refractivity contribution in [2.24, 2.45) is 0 Å². The van der Waals surface area contributed by atoms with E-state index in [4.69, 9.17) is 0 Å². The molecule has 0 bridgehead atoms. The van der Waals surface area contributed by atoms with Gasteiger partial charge in [0, 0.05) is 21.1 Å². The third-order valence-corrected chi connectivity index (χ3v) is 3.98. The van der Waals surface area contributed by atoms with Gasteiger partial charge in [-0.25, -0.2) is 0 Å². The van der Waals surface area contributed by atoms with E-state index in [-0.39, 0.29) is 0 Å². The minimum Gasteiger partial charge on any atom is -0.358 e. The molecule has 1 aliphatic rings. The van der Waals surface area contributed by atoms with Gasteiger partial charge in [0.05, 0.1) is 0 Å². The Morgan fingerprint density at radius 3 is 2.87 bits per heavy atom. The highest BCUT2D eigenvalue weighted by molar-refractivity contribution is 9.10. The number of benzene rings is 1. The first-order chi connectivity index (χ1) is 7.36. The van der Waals surface area contributed by atoms with Crippen LogP contribution in [-0.4, -0.2) is 4.98 Å². The maximum Gasteiger partial charge on any atom is 0.0470 e. The van der Waals surface area contributed by atoms with Crippen molar-refractivity contribution in [3.05, 3.63) is 33.9 Å². The third-order valence-electron chi connectivity index (χ3n) is 3.32. The molecule has 78 valence electrons. The van der Waals surface area contributed by atoms with Crippen LogP contribution in [0, 0.1) is 0 Å². The van der Waals surface area contributed by atoms with Crippen molar-refractivity contribution in [2.45, 2.75) is 32.1 Å². The van der Waals surface area contributed by atoms with Crippen molar-refractivity contribution in [2.75, 3.05) is 0 Å². The van der Waals surface area contributed by atoms with E-state index in [0.29, 0.717) is 0 Å². The molecule has 0 atom stereocenters. The molecule has 0 saturated heterocycles. The second kappa shape index (κ2) is 3.67. The molecule has 0 aliphatic heterocycles. The summed E-state index contributed by atoms with van der Waals surface area (Å²) < 4.78 is 1.24. The van der Waals surface area contributed by atoms with Crippen LogP contribution in [0.1, 0.15) is 30.5 Å². The predicted octanol–water partition coefficient (Wildman–Crippen LogP) is 4.20. The SMILES string of the molecule is Brc1cccc2[nH]c3c(c12)CCCCC3. The highest BCUT2D eigenvalue weighted by Gasteiger charge is 2.15. The molecule has 0 radical (unpaired) electrons. The van der Waals surface area contributed by atoms with Gasteiger partial charge in [0.15, 0.2) is 0 Å². The summed E-state index contributed by atoms with van der Waals surface area (Å²) >= 11 is 3.66. The zero-order valence-electron chi connectivity index (χ0n) is 8.65. The number of halogens is 1. The standard InChI is InChI=1S/C13H14BrN/c14-10-6-4-8-12-13(10)9-5-2-1-3-7-11(9)15-12/h4,6,8,15H,1-3,5,7H2. The first kappa shape index (κ1) is 9.46. The highest BCUT2D eigenvalue weighted by Crippen LogP contribution is 2.33. The summed E-state index contributed by atoms with van der Waals surface area (Å²) in [5, 5.41) is 1.41. The number of aryl methyl sites for hydroxylation is 2. The number of fused-ring (bicyclic) bond motifs is 3. The van der Waals surface area contributed by atoms with Gasteiger partial charge in [-0.15, -0.1) is 0 Å². The van der Waals surface area contributed by atoms with Crippen LogP contribution >= 0.6 is 15.9 Å². The van der Waals surface area contributed by atoms with Gasteiger partial charge < -0.3 is 4.98 Å². The molecule has 0 unspecified atom stereocenters. The van der Waals surface area contributed by atoms with Crippen molar-refractivity contribution in [1.82, 2.24) is 4.98 Å². The molecule has 1 aliphatic carbocycles. The van der Waals surface area contributed by atoms with Crippen LogP contribution < -0.4 is 0 Å². The average Bonchev–Trinajstić information content (AvgIpc) is 2.43. The summed E-state index contributed by atoms with van der Waals surface area (Å²) in [5.74, 6) is 0. The summed E-state index contributed by atoms with van der Waals surface area (Å²) in [6.07, 6.45) is 6.49. The van der Waals surface area contributed by atoms with Crippen LogP contribution in [-0.2, 0) is 12.8 Å². The van der Waals surface area contributed by atoms with Crippen LogP contribution in [0.25, 0.3) is 10.9 Å². The van der Waals surface area contributed by atoms with Gasteiger partial charge in [0.1, 0.15) is 0 Å². The largest absolute Gasteiger partial charge is 0.358 e.